The zero-order chi connectivity index (χ0) is 33.6. The van der Waals surface area contributed by atoms with Gasteiger partial charge in [-0.05, 0) is 69.6 Å². The summed E-state index contributed by atoms with van der Waals surface area (Å²) in [6.07, 6.45) is 8.58. The van der Waals surface area contributed by atoms with E-state index in [9.17, 15) is 10.2 Å². The van der Waals surface area contributed by atoms with Crippen molar-refractivity contribution in [2.45, 2.75) is 88.7 Å². The second kappa shape index (κ2) is 16.0. The molecule has 0 atom stereocenters. The number of hydrogen-bond acceptors (Lipinski definition) is 8. The van der Waals surface area contributed by atoms with Crippen LogP contribution in [0.5, 0.6) is 11.6 Å². The first kappa shape index (κ1) is 34.6. The van der Waals surface area contributed by atoms with Gasteiger partial charge in [0.1, 0.15) is 5.75 Å². The van der Waals surface area contributed by atoms with Crippen molar-refractivity contribution in [2.75, 3.05) is 14.2 Å². The van der Waals surface area contributed by atoms with Crippen LogP contribution in [0.3, 0.4) is 0 Å². The Labute approximate surface area is 292 Å². The highest BCUT2D eigenvalue weighted by Gasteiger charge is 2.22. The van der Waals surface area contributed by atoms with Gasteiger partial charge in [0.15, 0.2) is 0 Å². The van der Waals surface area contributed by atoms with E-state index in [0.29, 0.717) is 52.5 Å². The molecule has 6 rings (SSSR count). The third kappa shape index (κ3) is 7.96. The molecule has 0 radical (unpaired) electrons. The summed E-state index contributed by atoms with van der Waals surface area (Å²) in [4.78, 5) is 9.48. The zero-order valence-electron chi connectivity index (χ0n) is 27.5. The van der Waals surface area contributed by atoms with E-state index in [1.54, 1.807) is 20.4 Å². The number of nitrogens with one attached hydrogen (secondary N) is 2. The Kier molecular flexibility index (Phi) is 11.5. The molecule has 48 heavy (non-hydrogen) atoms. The Hall–Kier alpha value is -3.24. The average Bonchev–Trinajstić information content (AvgIpc) is 3.11. The normalized spacial score (nSPS) is 21.2. The molecule has 10 heteroatoms. The number of aliphatic hydroxyl groups excluding tert-OH is 2. The molecule has 0 unspecified atom stereocenters. The number of rotatable bonds is 11. The molecule has 4 N–H and O–H groups in total. The molecule has 2 aliphatic rings. The van der Waals surface area contributed by atoms with Crippen molar-refractivity contribution in [3.8, 4) is 45.3 Å². The van der Waals surface area contributed by atoms with Crippen LogP contribution < -0.4 is 20.1 Å². The summed E-state index contributed by atoms with van der Waals surface area (Å²) in [6.45, 7) is 1.31. The third-order valence-corrected chi connectivity index (χ3v) is 10.5. The third-order valence-electron chi connectivity index (χ3n) is 9.70. The van der Waals surface area contributed by atoms with E-state index in [2.05, 4.69) is 21.7 Å². The van der Waals surface area contributed by atoms with E-state index in [-0.39, 0.29) is 12.2 Å². The van der Waals surface area contributed by atoms with E-state index >= 15 is 0 Å². The number of methoxy groups -OCH3 is 2. The fraction of sp³-hybridized carbons (Fsp3) is 0.421. The topological polar surface area (TPSA) is 109 Å². The maximum Gasteiger partial charge on any atom is 0.218 e. The molecule has 2 saturated carbocycles. The Bertz CT molecular complexity index is 1580. The van der Waals surface area contributed by atoms with Gasteiger partial charge in [-0.3, -0.25) is 4.98 Å². The van der Waals surface area contributed by atoms with E-state index in [1.807, 2.05) is 48.5 Å². The standard InChI is InChI=1S/C38H44Cl2N4O4/c1-47-34-20-23(6-7-24(34)21-42-26-9-13-28(45)14-10-26)37-36(40)31(18-19-41-37)30-4-3-5-32(35(30)39)33-17-8-25(38(44-33)48-2)22-43-27-11-15-29(46)16-12-27/h3-8,17-20,26-29,42-43,45-46H,9-16,21-22H2,1-2H3/t26-,27-,28-,29-. The molecule has 8 nitrogen and oxygen atoms in total. The van der Waals surface area contributed by atoms with Crippen LogP contribution in [0.4, 0.5) is 0 Å². The van der Waals surface area contributed by atoms with E-state index < -0.39 is 0 Å². The highest BCUT2D eigenvalue weighted by molar-refractivity contribution is 6.39. The molecule has 0 bridgehead atoms. The number of halogens is 2. The van der Waals surface area contributed by atoms with Gasteiger partial charge < -0.3 is 30.3 Å². The number of aromatic nitrogens is 2. The quantitative estimate of drug-likeness (QED) is 0.128. The first-order chi connectivity index (χ1) is 23.3. The van der Waals surface area contributed by atoms with Gasteiger partial charge in [0.05, 0.1) is 47.9 Å². The SMILES string of the molecule is COc1cc(-c2nccc(-c3cccc(-c4ccc(CN[C@H]5CC[C@H](O)CC5)c(OC)n4)c3Cl)c2Cl)ccc1CN[C@H]1CC[C@H](O)CC1. The molecule has 2 fully saturated rings. The average molecular weight is 692 g/mol. The van der Waals surface area contributed by atoms with Crippen LogP contribution in [0.15, 0.2) is 60.8 Å². The Morgan fingerprint density at radius 1 is 0.708 bits per heavy atom. The first-order valence-corrected chi connectivity index (χ1v) is 17.6. The Balaban J connectivity index is 1.22. The molecule has 2 aliphatic carbocycles. The molecule has 254 valence electrons. The summed E-state index contributed by atoms with van der Waals surface area (Å²) in [7, 11) is 3.30. The van der Waals surface area contributed by atoms with Crippen LogP contribution in [0.1, 0.15) is 62.5 Å². The van der Waals surface area contributed by atoms with Gasteiger partial charge in [0, 0.05) is 64.8 Å². The fourth-order valence-corrected chi connectivity index (χ4v) is 7.48. The van der Waals surface area contributed by atoms with E-state index in [4.69, 9.17) is 37.7 Å². The lowest BCUT2D eigenvalue weighted by Crippen LogP contribution is -2.34. The van der Waals surface area contributed by atoms with E-state index in [0.717, 1.165) is 90.5 Å². The predicted octanol–water partition coefficient (Wildman–Crippen LogP) is 7.59. The monoisotopic (exact) mass is 690 g/mol. The molecule has 2 heterocycles. The fourth-order valence-electron chi connectivity index (χ4n) is 6.83. The summed E-state index contributed by atoms with van der Waals surface area (Å²) in [5.74, 6) is 1.31. The molecular formula is C38H44Cl2N4O4. The largest absolute Gasteiger partial charge is 0.496 e. The highest BCUT2D eigenvalue weighted by atomic mass is 35.5. The van der Waals surface area contributed by atoms with Gasteiger partial charge >= 0.3 is 0 Å². The highest BCUT2D eigenvalue weighted by Crippen LogP contribution is 2.42. The lowest BCUT2D eigenvalue weighted by molar-refractivity contribution is 0.116. The summed E-state index contributed by atoms with van der Waals surface area (Å²) in [5, 5.41) is 27.9. The van der Waals surface area contributed by atoms with Gasteiger partial charge in [-0.15, -0.1) is 0 Å². The van der Waals surface area contributed by atoms with E-state index in [1.165, 1.54) is 0 Å². The zero-order valence-corrected chi connectivity index (χ0v) is 29.0. The van der Waals surface area contributed by atoms with Crippen LogP contribution in [0.25, 0.3) is 33.6 Å². The Morgan fingerprint density at radius 2 is 1.31 bits per heavy atom. The number of hydrogen-bond donors (Lipinski definition) is 4. The maximum absolute atomic E-state index is 9.83. The molecule has 2 aromatic carbocycles. The van der Waals surface area contributed by atoms with Gasteiger partial charge in [-0.1, -0.05) is 59.6 Å². The van der Waals surface area contributed by atoms with Crippen LogP contribution in [0.2, 0.25) is 10.0 Å². The van der Waals surface area contributed by atoms with Crippen molar-refractivity contribution in [3.05, 3.63) is 82.0 Å². The smallest absolute Gasteiger partial charge is 0.218 e. The molecule has 4 aromatic rings. The first-order valence-electron chi connectivity index (χ1n) is 16.8. The summed E-state index contributed by atoms with van der Waals surface area (Å²) in [6, 6.07) is 18.5. The van der Waals surface area contributed by atoms with Crippen molar-refractivity contribution < 1.29 is 19.7 Å². The second-order valence-electron chi connectivity index (χ2n) is 12.9. The summed E-state index contributed by atoms with van der Waals surface area (Å²) < 4.78 is 11.5. The number of nitrogens with zero attached hydrogens (tertiary/aromatic N) is 2. The molecule has 0 spiro atoms. The number of aliphatic hydroxyl groups is 2. The number of benzene rings is 2. The second-order valence-corrected chi connectivity index (χ2v) is 13.6. The molecule has 0 aliphatic heterocycles. The van der Waals surface area contributed by atoms with Crippen LogP contribution >= 0.6 is 23.2 Å². The maximum atomic E-state index is 9.83. The number of pyridine rings is 2. The van der Waals surface area contributed by atoms with Crippen LogP contribution in [-0.4, -0.2) is 58.7 Å². The van der Waals surface area contributed by atoms with Gasteiger partial charge in [0.2, 0.25) is 5.88 Å². The molecule has 0 amide bonds. The minimum absolute atomic E-state index is 0.175. The van der Waals surface area contributed by atoms with Crippen molar-refractivity contribution in [1.29, 1.82) is 0 Å². The van der Waals surface area contributed by atoms with Crippen molar-refractivity contribution in [3.63, 3.8) is 0 Å². The van der Waals surface area contributed by atoms with Crippen molar-refractivity contribution >= 4 is 23.2 Å². The summed E-state index contributed by atoms with van der Waals surface area (Å²) >= 11 is 14.2. The Morgan fingerprint density at radius 3 is 1.96 bits per heavy atom. The van der Waals surface area contributed by atoms with Crippen LogP contribution in [-0.2, 0) is 13.1 Å². The van der Waals surface area contributed by atoms with Gasteiger partial charge in [-0.2, -0.15) is 0 Å². The lowest BCUT2D eigenvalue weighted by atomic mass is 9.93. The molecular weight excluding hydrogens is 647 g/mol. The van der Waals surface area contributed by atoms with Crippen molar-refractivity contribution in [1.82, 2.24) is 20.6 Å². The molecule has 0 saturated heterocycles. The lowest BCUT2D eigenvalue weighted by Gasteiger charge is -2.26. The minimum atomic E-state index is -0.181. The predicted molar refractivity (Wildman–Crippen MR) is 192 cm³/mol. The minimum Gasteiger partial charge on any atom is -0.496 e. The van der Waals surface area contributed by atoms with Gasteiger partial charge in [0.25, 0.3) is 0 Å². The number of ether oxygens (including phenoxy) is 2. The van der Waals surface area contributed by atoms with Gasteiger partial charge in [-0.25, -0.2) is 4.98 Å². The van der Waals surface area contributed by atoms with Crippen LogP contribution in [0, 0.1) is 0 Å². The summed E-state index contributed by atoms with van der Waals surface area (Å²) in [5.41, 5.74) is 6.51. The molecule has 2 aromatic heterocycles. The van der Waals surface area contributed by atoms with Crippen molar-refractivity contribution in [2.24, 2.45) is 0 Å².